The van der Waals surface area contributed by atoms with Crippen LogP contribution in [-0.2, 0) is 39.0 Å². The number of halogens is 2. The predicted octanol–water partition coefficient (Wildman–Crippen LogP) is 6.80. The lowest BCUT2D eigenvalue weighted by Gasteiger charge is -2.33. The highest BCUT2D eigenvalue weighted by Gasteiger charge is 2.33. The number of sulfonamides is 1. The molecule has 236 valence electrons. The molecule has 0 spiro atoms. The normalized spacial score (nSPS) is 14.3. The smallest absolute Gasteiger partial charge is 0.243 e. The van der Waals surface area contributed by atoms with Crippen LogP contribution in [0.1, 0.15) is 62.1 Å². The summed E-state index contributed by atoms with van der Waals surface area (Å²) >= 11 is 13.1. The van der Waals surface area contributed by atoms with Crippen molar-refractivity contribution in [2.45, 2.75) is 76.9 Å². The second-order valence-corrected chi connectivity index (χ2v) is 14.1. The Morgan fingerprint density at radius 3 is 2.14 bits per heavy atom. The highest BCUT2D eigenvalue weighted by molar-refractivity contribution is 7.92. The number of benzene rings is 3. The lowest BCUT2D eigenvalue weighted by molar-refractivity contribution is -0.141. The molecule has 3 aromatic rings. The monoisotopic (exact) mass is 657 g/mol. The summed E-state index contributed by atoms with van der Waals surface area (Å²) in [6, 6.07) is 21.4. The number of nitrogens with zero attached hydrogens (tertiary/aromatic N) is 2. The Morgan fingerprint density at radius 1 is 0.909 bits per heavy atom. The number of hydrogen-bond acceptors (Lipinski definition) is 4. The van der Waals surface area contributed by atoms with Crippen molar-refractivity contribution in [3.8, 4) is 0 Å². The van der Waals surface area contributed by atoms with Gasteiger partial charge in [0.2, 0.25) is 21.8 Å². The predicted molar refractivity (Wildman–Crippen MR) is 179 cm³/mol. The van der Waals surface area contributed by atoms with Gasteiger partial charge < -0.3 is 10.2 Å². The molecular formula is C34H41Cl2N3O4S. The van der Waals surface area contributed by atoms with Gasteiger partial charge >= 0.3 is 0 Å². The van der Waals surface area contributed by atoms with Crippen molar-refractivity contribution < 1.29 is 18.0 Å². The molecule has 10 heteroatoms. The summed E-state index contributed by atoms with van der Waals surface area (Å²) in [7, 11) is -3.59. The van der Waals surface area contributed by atoms with Gasteiger partial charge in [0.1, 0.15) is 6.04 Å². The zero-order valence-electron chi connectivity index (χ0n) is 25.3. The maximum absolute atomic E-state index is 14.1. The molecule has 0 saturated heterocycles. The molecule has 1 saturated carbocycles. The Balaban J connectivity index is 1.61. The van der Waals surface area contributed by atoms with Crippen LogP contribution in [0.15, 0.2) is 72.8 Å². The van der Waals surface area contributed by atoms with Crippen LogP contribution in [-0.4, -0.2) is 50.0 Å². The maximum atomic E-state index is 14.1. The number of aryl methyl sites for hydroxylation is 1. The molecule has 3 aromatic carbocycles. The quantitative estimate of drug-likeness (QED) is 0.207. The molecule has 0 heterocycles. The van der Waals surface area contributed by atoms with Crippen LogP contribution in [0.5, 0.6) is 0 Å². The van der Waals surface area contributed by atoms with Gasteiger partial charge in [0, 0.05) is 47.6 Å². The SMILES string of the molecule is CCc1ccc(N(CCCC(=O)N(Cc2c(Cl)cccc2Cl)C(Cc2ccccc2)C(=O)NC2CCCC2)S(C)(=O)=O)cc1. The summed E-state index contributed by atoms with van der Waals surface area (Å²) in [4.78, 5) is 29.5. The van der Waals surface area contributed by atoms with Crippen LogP contribution in [0.2, 0.25) is 10.0 Å². The molecule has 1 fully saturated rings. The van der Waals surface area contributed by atoms with E-state index in [1.807, 2.05) is 49.4 Å². The zero-order chi connectivity index (χ0) is 31.7. The minimum atomic E-state index is -3.59. The van der Waals surface area contributed by atoms with Crippen LogP contribution >= 0.6 is 23.2 Å². The van der Waals surface area contributed by atoms with Crippen molar-refractivity contribution in [2.75, 3.05) is 17.1 Å². The third-order valence-corrected chi connectivity index (χ3v) is 10.0. The Hall–Kier alpha value is -3.07. The van der Waals surface area contributed by atoms with E-state index >= 15 is 0 Å². The van der Waals surface area contributed by atoms with Gasteiger partial charge in [0.15, 0.2) is 0 Å². The molecule has 1 N–H and O–H groups in total. The molecule has 1 aliphatic rings. The first-order valence-corrected chi connectivity index (χ1v) is 17.8. The molecular weight excluding hydrogens is 617 g/mol. The van der Waals surface area contributed by atoms with Crippen molar-refractivity contribution in [1.29, 1.82) is 0 Å². The van der Waals surface area contributed by atoms with Crippen LogP contribution in [0.25, 0.3) is 0 Å². The van der Waals surface area contributed by atoms with E-state index in [1.165, 1.54) is 4.31 Å². The Labute approximate surface area is 271 Å². The fraction of sp³-hybridized carbons (Fsp3) is 0.412. The van der Waals surface area contributed by atoms with E-state index in [2.05, 4.69) is 5.32 Å². The van der Waals surface area contributed by atoms with Crippen LogP contribution in [0.3, 0.4) is 0 Å². The van der Waals surface area contributed by atoms with E-state index in [0.717, 1.165) is 49.5 Å². The second kappa shape index (κ2) is 15.8. The van der Waals surface area contributed by atoms with E-state index in [1.54, 1.807) is 35.2 Å². The van der Waals surface area contributed by atoms with Gasteiger partial charge in [-0.05, 0) is 61.1 Å². The van der Waals surface area contributed by atoms with Crippen LogP contribution in [0, 0.1) is 0 Å². The van der Waals surface area contributed by atoms with Gasteiger partial charge in [-0.2, -0.15) is 0 Å². The summed E-state index contributed by atoms with van der Waals surface area (Å²) in [5.74, 6) is -0.496. The Bertz CT molecular complexity index is 1490. The largest absolute Gasteiger partial charge is 0.352 e. The fourth-order valence-corrected chi connectivity index (χ4v) is 7.16. The first kappa shape index (κ1) is 33.8. The minimum absolute atomic E-state index is 0.0309. The summed E-state index contributed by atoms with van der Waals surface area (Å²) in [6.45, 7) is 2.20. The molecule has 2 amide bonds. The zero-order valence-corrected chi connectivity index (χ0v) is 27.7. The van der Waals surface area contributed by atoms with Gasteiger partial charge in [-0.3, -0.25) is 13.9 Å². The van der Waals surface area contributed by atoms with E-state index in [4.69, 9.17) is 23.2 Å². The number of anilines is 1. The number of carbonyl (C=O) groups excluding carboxylic acids is 2. The van der Waals surface area contributed by atoms with Gasteiger partial charge in [0.25, 0.3) is 0 Å². The molecule has 4 rings (SSSR count). The molecule has 1 aliphatic carbocycles. The molecule has 1 atom stereocenters. The second-order valence-electron chi connectivity index (χ2n) is 11.4. The van der Waals surface area contributed by atoms with E-state index in [0.29, 0.717) is 27.7 Å². The van der Waals surface area contributed by atoms with E-state index in [9.17, 15) is 18.0 Å². The van der Waals surface area contributed by atoms with Crippen LogP contribution < -0.4 is 9.62 Å². The average Bonchev–Trinajstić information content (AvgIpc) is 3.51. The molecule has 0 aliphatic heterocycles. The topological polar surface area (TPSA) is 86.8 Å². The van der Waals surface area contributed by atoms with Crippen molar-refractivity contribution in [3.63, 3.8) is 0 Å². The molecule has 7 nitrogen and oxygen atoms in total. The van der Waals surface area contributed by atoms with Gasteiger partial charge in [-0.25, -0.2) is 8.42 Å². The third kappa shape index (κ3) is 9.22. The maximum Gasteiger partial charge on any atom is 0.243 e. The van der Waals surface area contributed by atoms with E-state index < -0.39 is 16.1 Å². The minimum Gasteiger partial charge on any atom is -0.352 e. The lowest BCUT2D eigenvalue weighted by atomic mass is 10.0. The number of carbonyl (C=O) groups is 2. The number of nitrogens with one attached hydrogen (secondary N) is 1. The summed E-state index contributed by atoms with van der Waals surface area (Å²) < 4.78 is 26.8. The average molecular weight is 659 g/mol. The molecule has 0 bridgehead atoms. The number of rotatable bonds is 14. The number of amides is 2. The standard InChI is InChI=1S/C34H41Cl2N3O4S/c1-3-25-18-20-28(21-19-25)39(44(2,42)43)22-10-17-33(40)38(24-29-30(35)15-9-16-31(29)36)32(23-26-11-5-4-6-12-26)34(41)37-27-13-7-8-14-27/h4-6,9,11-12,15-16,18-21,27,32H,3,7-8,10,13-14,17,22-24H2,1-2H3,(H,37,41). The Kier molecular flexibility index (Phi) is 12.1. The third-order valence-electron chi connectivity index (χ3n) is 8.15. The fourth-order valence-electron chi connectivity index (χ4n) is 5.68. The van der Waals surface area contributed by atoms with Crippen LogP contribution in [0.4, 0.5) is 5.69 Å². The first-order chi connectivity index (χ1) is 21.1. The van der Waals surface area contributed by atoms with Crippen molar-refractivity contribution >= 4 is 50.7 Å². The van der Waals surface area contributed by atoms with Gasteiger partial charge in [-0.1, -0.05) is 91.5 Å². The Morgan fingerprint density at radius 2 is 1.55 bits per heavy atom. The van der Waals surface area contributed by atoms with Crippen molar-refractivity contribution in [2.24, 2.45) is 0 Å². The van der Waals surface area contributed by atoms with Crippen molar-refractivity contribution in [3.05, 3.63) is 99.5 Å². The van der Waals surface area contributed by atoms with Gasteiger partial charge in [-0.15, -0.1) is 0 Å². The summed E-state index contributed by atoms with van der Waals surface area (Å²) in [5, 5.41) is 4.00. The first-order valence-electron chi connectivity index (χ1n) is 15.2. The van der Waals surface area contributed by atoms with Gasteiger partial charge in [0.05, 0.1) is 11.9 Å². The molecule has 1 unspecified atom stereocenters. The highest BCUT2D eigenvalue weighted by Crippen LogP contribution is 2.28. The summed E-state index contributed by atoms with van der Waals surface area (Å²) in [5.41, 5.74) is 3.13. The molecule has 0 aromatic heterocycles. The highest BCUT2D eigenvalue weighted by atomic mass is 35.5. The molecule has 44 heavy (non-hydrogen) atoms. The summed E-state index contributed by atoms with van der Waals surface area (Å²) in [6.07, 6.45) is 6.55. The van der Waals surface area contributed by atoms with E-state index in [-0.39, 0.29) is 43.8 Å². The molecule has 0 radical (unpaired) electrons. The lowest BCUT2D eigenvalue weighted by Crippen LogP contribution is -2.52. The number of hydrogen-bond donors (Lipinski definition) is 1. The van der Waals surface area contributed by atoms with Crippen molar-refractivity contribution in [1.82, 2.24) is 10.2 Å².